The Balaban J connectivity index is 2.92. The van der Waals surface area contributed by atoms with Gasteiger partial charge in [0.2, 0.25) is 0 Å². The van der Waals surface area contributed by atoms with Gasteiger partial charge in [-0.05, 0) is 0 Å². The molecule has 0 aliphatic rings. The molecule has 50 valence electrons. The third-order valence-corrected chi connectivity index (χ3v) is 2.64. The van der Waals surface area contributed by atoms with E-state index in [0.29, 0.717) is 6.04 Å². The molecule has 0 saturated heterocycles. The molecule has 0 aromatic carbocycles. The molecule has 2 heteroatoms. The first-order valence-electron chi connectivity index (χ1n) is 3.05. The van der Waals surface area contributed by atoms with E-state index >= 15 is 0 Å². The normalized spacial score (nSPS) is 13.9. The van der Waals surface area contributed by atoms with Gasteiger partial charge in [0, 0.05) is 0 Å². The summed E-state index contributed by atoms with van der Waals surface area (Å²) in [6.45, 7) is 2.18. The van der Waals surface area contributed by atoms with Crippen molar-refractivity contribution in [3.8, 4) is 0 Å². The van der Waals surface area contributed by atoms with E-state index in [-0.39, 0.29) is 0 Å². The molecule has 2 N–H and O–H groups in total. The molecule has 0 bridgehead atoms. The van der Waals surface area contributed by atoms with Gasteiger partial charge < -0.3 is 0 Å². The van der Waals surface area contributed by atoms with Crippen molar-refractivity contribution in [2.24, 2.45) is 5.73 Å². The van der Waals surface area contributed by atoms with Crippen LogP contribution in [0.25, 0.3) is 0 Å². The van der Waals surface area contributed by atoms with Crippen LogP contribution in [-0.4, -0.2) is 21.0 Å². The number of hydrogen-bond acceptors (Lipinski definition) is 1. The van der Waals surface area contributed by atoms with Crippen LogP contribution in [-0.2, 0) is 0 Å². The summed E-state index contributed by atoms with van der Waals surface area (Å²) in [6, 6.07) is 0.491. The van der Waals surface area contributed by atoms with Crippen LogP contribution in [0.3, 0.4) is 0 Å². The van der Waals surface area contributed by atoms with Gasteiger partial charge >= 0.3 is 57.6 Å². The second-order valence-corrected chi connectivity index (χ2v) is 3.91. The van der Waals surface area contributed by atoms with Gasteiger partial charge in [0.15, 0.2) is 0 Å². The summed E-state index contributed by atoms with van der Waals surface area (Å²) in [6.07, 6.45) is 2.44. The Bertz CT molecular complexity index is 41.8. The van der Waals surface area contributed by atoms with Crippen molar-refractivity contribution in [3.05, 3.63) is 0 Å². The van der Waals surface area contributed by atoms with Crippen LogP contribution >= 0.6 is 0 Å². The fourth-order valence-electron chi connectivity index (χ4n) is 0.668. The molecule has 1 unspecified atom stereocenters. The van der Waals surface area contributed by atoms with Gasteiger partial charge in [-0.15, -0.1) is 0 Å². The molecule has 0 aromatic heterocycles. The summed E-state index contributed by atoms with van der Waals surface area (Å²) in [4.78, 5) is 0. The molecule has 8 heavy (non-hydrogen) atoms. The van der Waals surface area contributed by atoms with Crippen LogP contribution in [0.2, 0.25) is 11.1 Å². The molecule has 0 spiro atoms. The Kier molecular flexibility index (Phi) is 5.95. The van der Waals surface area contributed by atoms with Gasteiger partial charge in [-0.3, -0.25) is 0 Å². The van der Waals surface area contributed by atoms with Crippen LogP contribution in [0.4, 0.5) is 0 Å². The van der Waals surface area contributed by atoms with Crippen molar-refractivity contribution in [1.29, 1.82) is 0 Å². The van der Waals surface area contributed by atoms with E-state index in [2.05, 4.69) is 12.7 Å². The molecule has 0 amide bonds. The van der Waals surface area contributed by atoms with Crippen LogP contribution in [0, 0.1) is 0 Å². The van der Waals surface area contributed by atoms with Crippen molar-refractivity contribution in [3.63, 3.8) is 0 Å². The van der Waals surface area contributed by atoms with E-state index in [0.717, 1.165) is 15.0 Å². The van der Waals surface area contributed by atoms with Gasteiger partial charge in [0.1, 0.15) is 0 Å². The zero-order chi connectivity index (χ0) is 6.41. The minimum atomic E-state index is 0.491. The maximum atomic E-state index is 5.71. The molecule has 0 saturated carbocycles. The summed E-state index contributed by atoms with van der Waals surface area (Å²) >= 11 is 0.772. The first-order valence-corrected chi connectivity index (χ1v) is 5.98. The predicted molar refractivity (Wildman–Crippen MR) is 39.3 cm³/mol. The molecule has 0 aliphatic carbocycles. The standard InChI is InChI=1S/C6H15NSe/c1-3-4-6(7)5-8-2/h6H,3-5,7H2,1-2H3. The summed E-state index contributed by atoms with van der Waals surface area (Å²) in [5, 5.41) is 1.25. The zero-order valence-corrected chi connectivity index (χ0v) is 7.40. The van der Waals surface area contributed by atoms with Crippen LogP contribution in [0.15, 0.2) is 0 Å². The van der Waals surface area contributed by atoms with E-state index in [1.165, 1.54) is 18.2 Å². The first-order chi connectivity index (χ1) is 3.81. The predicted octanol–water partition coefficient (Wildman–Crippen LogP) is 1.28. The number of hydrogen-bond donors (Lipinski definition) is 1. The van der Waals surface area contributed by atoms with Crippen molar-refractivity contribution < 1.29 is 0 Å². The Hall–Kier alpha value is 0.479. The zero-order valence-electron chi connectivity index (χ0n) is 5.68. The second kappa shape index (κ2) is 5.61. The van der Waals surface area contributed by atoms with Crippen molar-refractivity contribution in [2.45, 2.75) is 36.9 Å². The van der Waals surface area contributed by atoms with E-state index in [1.807, 2.05) is 0 Å². The second-order valence-electron chi connectivity index (χ2n) is 2.00. The minimum absolute atomic E-state index is 0.491. The third-order valence-electron chi connectivity index (χ3n) is 1.04. The van der Waals surface area contributed by atoms with Crippen molar-refractivity contribution in [2.75, 3.05) is 0 Å². The fraction of sp³-hybridized carbons (Fsp3) is 1.00. The van der Waals surface area contributed by atoms with Crippen LogP contribution < -0.4 is 5.73 Å². The quantitative estimate of drug-likeness (QED) is 0.648. The summed E-state index contributed by atoms with van der Waals surface area (Å²) in [7, 11) is 0. The van der Waals surface area contributed by atoms with Crippen LogP contribution in [0.5, 0.6) is 0 Å². The summed E-state index contributed by atoms with van der Waals surface area (Å²) < 4.78 is 0. The molecule has 0 fully saturated rings. The van der Waals surface area contributed by atoms with Crippen molar-refractivity contribution in [1.82, 2.24) is 0 Å². The van der Waals surface area contributed by atoms with Gasteiger partial charge in [0.25, 0.3) is 0 Å². The van der Waals surface area contributed by atoms with E-state index in [9.17, 15) is 0 Å². The molecule has 0 aromatic rings. The average Bonchev–Trinajstić information content (AvgIpc) is 1.68. The van der Waals surface area contributed by atoms with Gasteiger partial charge in [-0.25, -0.2) is 0 Å². The molecule has 0 aliphatic heterocycles. The van der Waals surface area contributed by atoms with E-state index in [4.69, 9.17) is 5.73 Å². The monoisotopic (exact) mass is 181 g/mol. The third kappa shape index (κ3) is 4.63. The Labute approximate surface area is 58.2 Å². The molecule has 0 rings (SSSR count). The molecule has 1 atom stereocenters. The van der Waals surface area contributed by atoms with Crippen LogP contribution in [0.1, 0.15) is 19.8 Å². The SMILES string of the molecule is CCCC(N)C[Se]C. The average molecular weight is 180 g/mol. The van der Waals surface area contributed by atoms with Gasteiger partial charge in [-0.2, -0.15) is 0 Å². The van der Waals surface area contributed by atoms with Crippen molar-refractivity contribution >= 4 is 15.0 Å². The Morgan fingerprint density at radius 3 is 2.62 bits per heavy atom. The van der Waals surface area contributed by atoms with Gasteiger partial charge in [-0.1, -0.05) is 0 Å². The maximum absolute atomic E-state index is 5.71. The number of nitrogens with two attached hydrogens (primary N) is 1. The van der Waals surface area contributed by atoms with E-state index in [1.54, 1.807) is 0 Å². The molecular weight excluding hydrogens is 165 g/mol. The summed E-state index contributed by atoms with van der Waals surface area (Å²) in [5.41, 5.74) is 5.71. The van der Waals surface area contributed by atoms with E-state index < -0.39 is 0 Å². The van der Waals surface area contributed by atoms with Gasteiger partial charge in [0.05, 0.1) is 0 Å². The molecule has 0 radical (unpaired) electrons. The topological polar surface area (TPSA) is 26.0 Å². The molecule has 1 nitrogen and oxygen atoms in total. The number of rotatable bonds is 4. The summed E-state index contributed by atoms with van der Waals surface area (Å²) in [5.74, 6) is 2.24. The molecule has 0 heterocycles. The Morgan fingerprint density at radius 2 is 2.25 bits per heavy atom. The first kappa shape index (κ1) is 8.48. The fourth-order valence-corrected chi connectivity index (χ4v) is 1.92. The Morgan fingerprint density at radius 1 is 1.62 bits per heavy atom. The molecular formula is C6H15NSe.